The van der Waals surface area contributed by atoms with Crippen LogP contribution in [-0.2, 0) is 0 Å². The zero-order valence-electron chi connectivity index (χ0n) is 11.9. The number of hydrogen-bond acceptors (Lipinski definition) is 3. The molecule has 0 radical (unpaired) electrons. The molecule has 0 bridgehead atoms. The highest BCUT2D eigenvalue weighted by Crippen LogP contribution is 2.30. The third-order valence-corrected chi connectivity index (χ3v) is 3.93. The maximum atomic E-state index is 5.88. The standard InChI is InChI=1S/C16H16N4S/c1-10-5-6-13-19-14(12-4-3-7-18-8-12)15(20(13)9-10)11(2)16(17)21/h3-9,11H,1-2H3,(H2,17,21). The number of pyridine rings is 2. The van der Waals surface area contributed by atoms with Crippen LogP contribution in [0.1, 0.15) is 24.1 Å². The van der Waals surface area contributed by atoms with Crippen LogP contribution in [-0.4, -0.2) is 19.4 Å². The summed E-state index contributed by atoms with van der Waals surface area (Å²) in [5.74, 6) is -0.0630. The minimum absolute atomic E-state index is 0.0630. The monoisotopic (exact) mass is 296 g/mol. The largest absolute Gasteiger partial charge is 0.393 e. The Kier molecular flexibility index (Phi) is 3.43. The van der Waals surface area contributed by atoms with E-state index in [1.807, 2.05) is 37.4 Å². The number of thiocarbonyl (C=S) groups is 1. The summed E-state index contributed by atoms with van der Waals surface area (Å²) < 4.78 is 2.07. The van der Waals surface area contributed by atoms with Crippen LogP contribution in [0.2, 0.25) is 0 Å². The van der Waals surface area contributed by atoms with Crippen molar-refractivity contribution in [2.24, 2.45) is 5.73 Å². The fraction of sp³-hybridized carbons (Fsp3) is 0.188. The number of rotatable bonds is 3. The molecule has 0 amide bonds. The second-order valence-electron chi connectivity index (χ2n) is 5.15. The van der Waals surface area contributed by atoms with Gasteiger partial charge in [0.15, 0.2) is 0 Å². The molecule has 21 heavy (non-hydrogen) atoms. The molecule has 1 atom stereocenters. The highest BCUT2D eigenvalue weighted by Gasteiger charge is 2.21. The average Bonchev–Trinajstić information content (AvgIpc) is 2.85. The van der Waals surface area contributed by atoms with Crippen LogP contribution in [0, 0.1) is 6.92 Å². The van der Waals surface area contributed by atoms with E-state index >= 15 is 0 Å². The van der Waals surface area contributed by atoms with Gasteiger partial charge in [0.05, 0.1) is 16.4 Å². The number of imidazole rings is 1. The van der Waals surface area contributed by atoms with E-state index in [2.05, 4.69) is 22.5 Å². The molecule has 5 heteroatoms. The number of aryl methyl sites for hydroxylation is 1. The highest BCUT2D eigenvalue weighted by atomic mass is 32.1. The van der Waals surface area contributed by atoms with Crippen molar-refractivity contribution in [2.45, 2.75) is 19.8 Å². The summed E-state index contributed by atoms with van der Waals surface area (Å²) >= 11 is 5.19. The van der Waals surface area contributed by atoms with Gasteiger partial charge in [-0.15, -0.1) is 0 Å². The van der Waals surface area contributed by atoms with Gasteiger partial charge in [0, 0.05) is 30.1 Å². The Morgan fingerprint density at radius 1 is 1.33 bits per heavy atom. The molecule has 0 aliphatic rings. The van der Waals surface area contributed by atoms with E-state index in [0.29, 0.717) is 4.99 Å². The van der Waals surface area contributed by atoms with Crippen LogP contribution in [0.25, 0.3) is 16.9 Å². The Balaban J connectivity index is 2.33. The van der Waals surface area contributed by atoms with E-state index in [-0.39, 0.29) is 5.92 Å². The molecule has 0 spiro atoms. The number of fused-ring (bicyclic) bond motifs is 1. The van der Waals surface area contributed by atoms with Crippen molar-refractivity contribution in [1.29, 1.82) is 0 Å². The van der Waals surface area contributed by atoms with Crippen molar-refractivity contribution in [3.8, 4) is 11.3 Å². The van der Waals surface area contributed by atoms with E-state index in [1.165, 1.54) is 0 Å². The van der Waals surface area contributed by atoms with Gasteiger partial charge in [0.25, 0.3) is 0 Å². The van der Waals surface area contributed by atoms with Crippen molar-refractivity contribution in [3.63, 3.8) is 0 Å². The lowest BCUT2D eigenvalue weighted by molar-refractivity contribution is 0.926. The number of hydrogen-bond donors (Lipinski definition) is 1. The number of nitrogens with two attached hydrogens (primary N) is 1. The molecule has 3 aromatic heterocycles. The van der Waals surface area contributed by atoms with Crippen LogP contribution in [0.4, 0.5) is 0 Å². The van der Waals surface area contributed by atoms with Gasteiger partial charge >= 0.3 is 0 Å². The summed E-state index contributed by atoms with van der Waals surface area (Å²) in [6, 6.07) is 7.95. The maximum Gasteiger partial charge on any atom is 0.137 e. The van der Waals surface area contributed by atoms with E-state index < -0.39 is 0 Å². The maximum absolute atomic E-state index is 5.88. The Hall–Kier alpha value is -2.27. The predicted octanol–water partition coefficient (Wildman–Crippen LogP) is 3.09. The zero-order chi connectivity index (χ0) is 15.0. The Morgan fingerprint density at radius 3 is 2.81 bits per heavy atom. The van der Waals surface area contributed by atoms with E-state index in [1.54, 1.807) is 6.20 Å². The topological polar surface area (TPSA) is 56.2 Å². The third kappa shape index (κ3) is 2.40. The van der Waals surface area contributed by atoms with Gasteiger partial charge in [0.2, 0.25) is 0 Å². The molecule has 4 nitrogen and oxygen atoms in total. The minimum atomic E-state index is -0.0630. The molecule has 0 fully saturated rings. The average molecular weight is 296 g/mol. The van der Waals surface area contributed by atoms with Gasteiger partial charge in [-0.05, 0) is 30.7 Å². The molecule has 2 N–H and O–H groups in total. The SMILES string of the molecule is Cc1ccc2nc(-c3cccnc3)c(C(C)C(N)=S)n2c1. The van der Waals surface area contributed by atoms with Gasteiger partial charge < -0.3 is 10.1 Å². The molecule has 106 valence electrons. The van der Waals surface area contributed by atoms with E-state index in [0.717, 1.165) is 28.2 Å². The molecule has 3 aromatic rings. The first-order valence-electron chi connectivity index (χ1n) is 6.76. The van der Waals surface area contributed by atoms with Crippen molar-refractivity contribution >= 4 is 22.9 Å². The summed E-state index contributed by atoms with van der Waals surface area (Å²) in [6.07, 6.45) is 5.62. The van der Waals surface area contributed by atoms with Crippen LogP contribution >= 0.6 is 12.2 Å². The van der Waals surface area contributed by atoms with Gasteiger partial charge in [-0.2, -0.15) is 0 Å². The lowest BCUT2D eigenvalue weighted by Crippen LogP contribution is -2.18. The zero-order valence-corrected chi connectivity index (χ0v) is 12.8. The molecule has 3 heterocycles. The summed E-state index contributed by atoms with van der Waals surface area (Å²) in [7, 11) is 0. The van der Waals surface area contributed by atoms with Gasteiger partial charge in [-0.25, -0.2) is 4.98 Å². The Labute approximate surface area is 128 Å². The van der Waals surface area contributed by atoms with E-state index in [9.17, 15) is 0 Å². The highest BCUT2D eigenvalue weighted by molar-refractivity contribution is 7.80. The van der Waals surface area contributed by atoms with Gasteiger partial charge in [0.1, 0.15) is 5.65 Å². The van der Waals surface area contributed by atoms with Crippen LogP contribution in [0.3, 0.4) is 0 Å². The minimum Gasteiger partial charge on any atom is -0.393 e. The molecule has 0 aliphatic carbocycles. The van der Waals surface area contributed by atoms with Gasteiger partial charge in [-0.3, -0.25) is 4.98 Å². The fourth-order valence-corrected chi connectivity index (χ4v) is 2.54. The second kappa shape index (κ2) is 5.26. The quantitative estimate of drug-likeness (QED) is 0.755. The Bertz CT molecular complexity index is 808. The molecule has 1 unspecified atom stereocenters. The molecule has 0 aromatic carbocycles. The first kappa shape index (κ1) is 13.7. The number of nitrogens with zero attached hydrogens (tertiary/aromatic N) is 3. The van der Waals surface area contributed by atoms with Crippen molar-refractivity contribution in [1.82, 2.24) is 14.4 Å². The predicted molar refractivity (Wildman–Crippen MR) is 88.4 cm³/mol. The molecule has 0 saturated carbocycles. The van der Waals surface area contributed by atoms with E-state index in [4.69, 9.17) is 22.9 Å². The van der Waals surface area contributed by atoms with Crippen molar-refractivity contribution < 1.29 is 0 Å². The van der Waals surface area contributed by atoms with Crippen molar-refractivity contribution in [3.05, 3.63) is 54.1 Å². The normalized spacial score (nSPS) is 12.5. The van der Waals surface area contributed by atoms with Crippen LogP contribution < -0.4 is 5.73 Å². The lowest BCUT2D eigenvalue weighted by Gasteiger charge is -2.12. The summed E-state index contributed by atoms with van der Waals surface area (Å²) in [5.41, 5.74) is 10.8. The van der Waals surface area contributed by atoms with Crippen molar-refractivity contribution in [2.75, 3.05) is 0 Å². The van der Waals surface area contributed by atoms with Crippen LogP contribution in [0.5, 0.6) is 0 Å². The summed E-state index contributed by atoms with van der Waals surface area (Å²) in [4.78, 5) is 9.38. The van der Waals surface area contributed by atoms with Crippen LogP contribution in [0.15, 0.2) is 42.9 Å². The number of aromatic nitrogens is 3. The molecule has 0 aliphatic heterocycles. The second-order valence-corrected chi connectivity index (χ2v) is 5.62. The molecular weight excluding hydrogens is 280 g/mol. The van der Waals surface area contributed by atoms with Gasteiger partial charge in [-0.1, -0.05) is 25.2 Å². The smallest absolute Gasteiger partial charge is 0.137 e. The third-order valence-electron chi connectivity index (χ3n) is 3.58. The first-order valence-corrected chi connectivity index (χ1v) is 7.17. The molecule has 3 rings (SSSR count). The Morgan fingerprint density at radius 2 is 2.14 bits per heavy atom. The summed E-state index contributed by atoms with van der Waals surface area (Å²) in [5, 5.41) is 0. The summed E-state index contributed by atoms with van der Waals surface area (Å²) in [6.45, 7) is 4.06. The fourth-order valence-electron chi connectivity index (χ4n) is 2.43. The first-order chi connectivity index (χ1) is 10.1. The lowest BCUT2D eigenvalue weighted by atomic mass is 10.0. The molecular formula is C16H16N4S. The molecule has 0 saturated heterocycles.